The maximum Gasteiger partial charge on any atom is 0.271 e. The number of halogens is 1. The molecule has 0 aliphatic carbocycles. The molecule has 156 valence electrons. The lowest BCUT2D eigenvalue weighted by Crippen LogP contribution is -2.15. The summed E-state index contributed by atoms with van der Waals surface area (Å²) in [5.74, 6) is -1.71. The summed E-state index contributed by atoms with van der Waals surface area (Å²) in [5, 5.41) is 25.4. The lowest BCUT2D eigenvalue weighted by molar-refractivity contribution is -0.385. The van der Waals surface area contributed by atoms with Gasteiger partial charge in [-0.15, -0.1) is 0 Å². The normalized spacial score (nSPS) is 14.1. The van der Waals surface area contributed by atoms with E-state index in [-0.39, 0.29) is 22.7 Å². The molecule has 0 fully saturated rings. The minimum Gasteiger partial charge on any atom is -0.283 e. The van der Waals surface area contributed by atoms with Crippen molar-refractivity contribution in [3.8, 4) is 0 Å². The van der Waals surface area contributed by atoms with Crippen LogP contribution >= 0.6 is 0 Å². The highest BCUT2D eigenvalue weighted by atomic mass is 32.2. The number of anilines is 1. The van der Waals surface area contributed by atoms with Gasteiger partial charge in [0, 0.05) is 29.8 Å². The second-order valence-electron chi connectivity index (χ2n) is 5.80. The molecule has 0 amide bonds. The van der Waals surface area contributed by atoms with Crippen LogP contribution in [0.1, 0.15) is 11.1 Å². The topological polar surface area (TPSA) is 193 Å². The quantitative estimate of drug-likeness (QED) is 0.517. The summed E-state index contributed by atoms with van der Waals surface area (Å²) < 4.78 is 58.8. The first-order chi connectivity index (χ1) is 13.3. The zero-order chi connectivity index (χ0) is 22.0. The van der Waals surface area contributed by atoms with E-state index in [0.29, 0.717) is 11.3 Å². The van der Waals surface area contributed by atoms with E-state index in [4.69, 9.17) is 5.14 Å². The van der Waals surface area contributed by atoms with Gasteiger partial charge in [0.2, 0.25) is 20.0 Å². The Balaban J connectivity index is 0.000000207. The largest absolute Gasteiger partial charge is 0.283 e. The molecule has 0 radical (unpaired) electrons. The zero-order valence-electron chi connectivity index (χ0n) is 14.3. The van der Waals surface area contributed by atoms with Crippen LogP contribution in [0, 0.1) is 26.0 Å². The Kier molecular flexibility index (Phi) is 6.15. The molecule has 15 heteroatoms. The smallest absolute Gasteiger partial charge is 0.271 e. The molecule has 0 saturated carbocycles. The molecule has 0 saturated heterocycles. The Hall–Kier alpha value is -3.17. The monoisotopic (exact) mass is 448 g/mol. The first-order valence-electron chi connectivity index (χ1n) is 7.48. The predicted octanol–water partition coefficient (Wildman–Crippen LogP) is 1.37. The van der Waals surface area contributed by atoms with Crippen molar-refractivity contribution in [2.24, 2.45) is 5.14 Å². The fraction of sp³-hybridized carbons (Fsp3) is 0.143. The van der Waals surface area contributed by atoms with Crippen LogP contribution < -0.4 is 9.86 Å². The van der Waals surface area contributed by atoms with Gasteiger partial charge in [0.15, 0.2) is 0 Å². The maximum absolute atomic E-state index is 13.0. The number of rotatable bonds is 4. The van der Waals surface area contributed by atoms with Gasteiger partial charge in [-0.25, -0.2) is 26.4 Å². The minimum atomic E-state index is -3.90. The van der Waals surface area contributed by atoms with Crippen LogP contribution in [0.4, 0.5) is 21.5 Å². The summed E-state index contributed by atoms with van der Waals surface area (Å²) in [6, 6.07) is 6.59. The second kappa shape index (κ2) is 8.06. The minimum absolute atomic E-state index is 0.111. The molecule has 0 spiro atoms. The molecule has 0 unspecified atom stereocenters. The molecule has 2 aromatic carbocycles. The van der Waals surface area contributed by atoms with Gasteiger partial charge in [-0.05, 0) is 17.7 Å². The van der Waals surface area contributed by atoms with Gasteiger partial charge in [0.05, 0.1) is 27.0 Å². The Morgan fingerprint density at radius 1 is 1.07 bits per heavy atom. The first-order valence-corrected chi connectivity index (χ1v) is 10.9. The number of benzene rings is 2. The van der Waals surface area contributed by atoms with Crippen LogP contribution in [-0.4, -0.2) is 26.7 Å². The number of nitrogens with zero attached hydrogens (tertiary/aromatic N) is 2. The van der Waals surface area contributed by atoms with E-state index in [2.05, 4.69) is 4.72 Å². The van der Waals surface area contributed by atoms with E-state index in [1.807, 2.05) is 0 Å². The molecule has 2 aromatic rings. The van der Waals surface area contributed by atoms with Crippen LogP contribution in [0.25, 0.3) is 0 Å². The van der Waals surface area contributed by atoms with Gasteiger partial charge in [-0.2, -0.15) is 0 Å². The molecule has 3 N–H and O–H groups in total. The van der Waals surface area contributed by atoms with E-state index >= 15 is 0 Å². The highest BCUT2D eigenvalue weighted by Crippen LogP contribution is 2.30. The first kappa shape index (κ1) is 22.1. The number of primary sulfonamides is 1. The Morgan fingerprint density at radius 3 is 2.17 bits per heavy atom. The lowest BCUT2D eigenvalue weighted by atomic mass is 10.2. The van der Waals surface area contributed by atoms with Gasteiger partial charge >= 0.3 is 0 Å². The SMILES string of the molecule is NS(=O)(=O)Cc1cc([N+](=O)[O-])ccc1F.O=[N+]([O-])c1ccc2c(c1)NS(=O)(=O)C2. The third-order valence-corrected chi connectivity index (χ3v) is 5.45. The van der Waals surface area contributed by atoms with E-state index in [1.165, 1.54) is 18.2 Å². The fourth-order valence-electron chi connectivity index (χ4n) is 2.31. The van der Waals surface area contributed by atoms with Crippen molar-refractivity contribution in [1.82, 2.24) is 0 Å². The summed E-state index contributed by atoms with van der Waals surface area (Å²) >= 11 is 0. The van der Waals surface area contributed by atoms with Crippen molar-refractivity contribution >= 4 is 37.1 Å². The molecular formula is C14H13FN4O8S2. The molecule has 1 heterocycles. The van der Waals surface area contributed by atoms with Gasteiger partial charge in [-0.3, -0.25) is 25.0 Å². The summed E-state index contributed by atoms with van der Waals surface area (Å²) in [7, 11) is -7.23. The molecule has 12 nitrogen and oxygen atoms in total. The van der Waals surface area contributed by atoms with Crippen LogP contribution in [0.5, 0.6) is 0 Å². The third kappa shape index (κ3) is 6.16. The summed E-state index contributed by atoms with van der Waals surface area (Å²) in [5.41, 5.74) is 0.0601. The van der Waals surface area contributed by atoms with Crippen molar-refractivity contribution in [3.63, 3.8) is 0 Å². The van der Waals surface area contributed by atoms with Gasteiger partial charge in [-0.1, -0.05) is 0 Å². The Bertz CT molecular complexity index is 1200. The van der Waals surface area contributed by atoms with Crippen LogP contribution in [-0.2, 0) is 31.6 Å². The van der Waals surface area contributed by atoms with E-state index in [0.717, 1.165) is 18.2 Å². The fourth-order valence-corrected chi connectivity index (χ4v) is 4.22. The highest BCUT2D eigenvalue weighted by molar-refractivity contribution is 7.92. The maximum atomic E-state index is 13.0. The van der Waals surface area contributed by atoms with Crippen LogP contribution in [0.3, 0.4) is 0 Å². The van der Waals surface area contributed by atoms with E-state index in [1.54, 1.807) is 0 Å². The molecule has 29 heavy (non-hydrogen) atoms. The Morgan fingerprint density at radius 2 is 1.62 bits per heavy atom. The zero-order valence-corrected chi connectivity index (χ0v) is 15.9. The number of nitrogens with one attached hydrogen (secondary N) is 1. The Labute approximate surface area is 163 Å². The van der Waals surface area contributed by atoms with Crippen molar-refractivity contribution in [3.05, 3.63) is 73.6 Å². The summed E-state index contributed by atoms with van der Waals surface area (Å²) in [4.78, 5) is 19.4. The van der Waals surface area contributed by atoms with Gasteiger partial charge in [0.1, 0.15) is 5.82 Å². The predicted molar refractivity (Wildman–Crippen MR) is 99.2 cm³/mol. The molecule has 3 rings (SSSR count). The lowest BCUT2D eigenvalue weighted by Gasteiger charge is -2.00. The number of nitro groups is 2. The average molecular weight is 448 g/mol. The number of hydrogen-bond donors (Lipinski definition) is 2. The van der Waals surface area contributed by atoms with E-state index < -0.39 is 41.5 Å². The second-order valence-corrected chi connectivity index (χ2v) is 9.14. The molecule has 0 bridgehead atoms. The number of sulfonamides is 2. The van der Waals surface area contributed by atoms with E-state index in [9.17, 15) is 41.5 Å². The van der Waals surface area contributed by atoms with Crippen LogP contribution in [0.15, 0.2) is 36.4 Å². The number of hydrogen-bond acceptors (Lipinski definition) is 8. The molecule has 0 atom stereocenters. The summed E-state index contributed by atoms with van der Waals surface area (Å²) in [6.07, 6.45) is 0. The van der Waals surface area contributed by atoms with Crippen LogP contribution in [0.2, 0.25) is 0 Å². The van der Waals surface area contributed by atoms with Crippen molar-refractivity contribution < 1.29 is 31.1 Å². The standard InChI is InChI=1S/C7H7FN2O4S.C7H6N2O4S/c8-7-2-1-6(10(11)12)3-5(7)4-15(9,13)14;10-9(11)6-2-1-5-4-14(12,13)8-7(5)3-6/h1-3H,4H2,(H2,9,13,14);1-3,8H,4H2. The summed E-state index contributed by atoms with van der Waals surface area (Å²) in [6.45, 7) is 0. The van der Waals surface area contributed by atoms with Gasteiger partial charge < -0.3 is 0 Å². The highest BCUT2D eigenvalue weighted by Gasteiger charge is 2.25. The number of fused-ring (bicyclic) bond motifs is 1. The number of nitrogens with two attached hydrogens (primary N) is 1. The molecule has 1 aliphatic heterocycles. The average Bonchev–Trinajstić information content (AvgIpc) is 2.88. The number of non-ortho nitro benzene ring substituents is 2. The molecule has 0 aromatic heterocycles. The number of nitro benzene ring substituents is 2. The van der Waals surface area contributed by atoms with Crippen molar-refractivity contribution in [2.45, 2.75) is 11.5 Å². The molecule has 1 aliphatic rings. The van der Waals surface area contributed by atoms with Crippen molar-refractivity contribution in [1.29, 1.82) is 0 Å². The third-order valence-electron chi connectivity index (χ3n) is 3.51. The molecular weight excluding hydrogens is 435 g/mol. The van der Waals surface area contributed by atoms with Gasteiger partial charge in [0.25, 0.3) is 11.4 Å². The van der Waals surface area contributed by atoms with Crippen molar-refractivity contribution in [2.75, 3.05) is 4.72 Å².